The third-order valence-corrected chi connectivity index (χ3v) is 3.11. The van der Waals surface area contributed by atoms with Gasteiger partial charge in [-0.25, -0.2) is 8.78 Å². The fourth-order valence-corrected chi connectivity index (χ4v) is 2.04. The molecule has 0 bridgehead atoms. The molecule has 6 heteroatoms. The molecule has 3 nitrogen and oxygen atoms in total. The van der Waals surface area contributed by atoms with Gasteiger partial charge in [0.25, 0.3) is 5.91 Å². The molecule has 1 heterocycles. The van der Waals surface area contributed by atoms with Crippen molar-refractivity contribution in [1.82, 2.24) is 10.2 Å². The molecule has 1 amide bonds. The van der Waals surface area contributed by atoms with Crippen molar-refractivity contribution in [3.8, 4) is 0 Å². The zero-order chi connectivity index (χ0) is 13.1. The van der Waals surface area contributed by atoms with Gasteiger partial charge in [-0.2, -0.15) is 0 Å². The first-order valence-corrected chi connectivity index (χ1v) is 6.05. The highest BCUT2D eigenvalue weighted by Gasteiger charge is 2.21. The molecule has 1 aromatic carbocycles. The van der Waals surface area contributed by atoms with Gasteiger partial charge < -0.3 is 10.2 Å². The topological polar surface area (TPSA) is 32.3 Å². The van der Waals surface area contributed by atoms with Gasteiger partial charge in [-0.1, -0.05) is 0 Å². The van der Waals surface area contributed by atoms with Crippen LogP contribution in [0.15, 0.2) is 12.1 Å². The van der Waals surface area contributed by atoms with Crippen LogP contribution in [0.4, 0.5) is 8.78 Å². The highest BCUT2D eigenvalue weighted by Crippen LogP contribution is 2.16. The van der Waals surface area contributed by atoms with Crippen LogP contribution in [0.5, 0.6) is 0 Å². The number of carbonyl (C=O) groups is 1. The first-order valence-electron chi connectivity index (χ1n) is 6.05. The van der Waals surface area contributed by atoms with E-state index in [4.69, 9.17) is 0 Å². The Morgan fingerprint density at radius 1 is 1.21 bits per heavy atom. The van der Waals surface area contributed by atoms with Crippen LogP contribution in [0, 0.1) is 18.6 Å². The van der Waals surface area contributed by atoms with Gasteiger partial charge in [0.1, 0.15) is 11.6 Å². The molecule has 19 heavy (non-hydrogen) atoms. The summed E-state index contributed by atoms with van der Waals surface area (Å²) in [5.74, 6) is -1.78. The lowest BCUT2D eigenvalue weighted by molar-refractivity contribution is 0.0761. The summed E-state index contributed by atoms with van der Waals surface area (Å²) in [6, 6.07) is 2.06. The number of halogens is 3. The van der Waals surface area contributed by atoms with Crippen LogP contribution in [0.25, 0.3) is 0 Å². The minimum atomic E-state index is -0.791. The Kier molecular flexibility index (Phi) is 5.69. The van der Waals surface area contributed by atoms with Crippen molar-refractivity contribution < 1.29 is 13.6 Å². The van der Waals surface area contributed by atoms with E-state index in [1.807, 2.05) is 0 Å². The van der Waals surface area contributed by atoms with Gasteiger partial charge >= 0.3 is 0 Å². The number of amides is 1. The summed E-state index contributed by atoms with van der Waals surface area (Å²) >= 11 is 0. The van der Waals surface area contributed by atoms with E-state index in [2.05, 4.69) is 5.32 Å². The molecule has 1 saturated heterocycles. The van der Waals surface area contributed by atoms with Gasteiger partial charge in [0.05, 0.1) is 5.56 Å². The predicted molar refractivity (Wildman–Crippen MR) is 71.7 cm³/mol. The Morgan fingerprint density at radius 3 is 2.68 bits per heavy atom. The fourth-order valence-electron chi connectivity index (χ4n) is 2.04. The molecule has 1 aliphatic heterocycles. The zero-order valence-corrected chi connectivity index (χ0v) is 11.5. The largest absolute Gasteiger partial charge is 0.337 e. The van der Waals surface area contributed by atoms with Crippen molar-refractivity contribution in [2.75, 3.05) is 26.2 Å². The molecule has 0 aromatic heterocycles. The fraction of sp³-hybridized carbons (Fsp3) is 0.462. The highest BCUT2D eigenvalue weighted by atomic mass is 35.5. The summed E-state index contributed by atoms with van der Waals surface area (Å²) in [7, 11) is 0. The SMILES string of the molecule is Cc1cc(C(=O)N2CCCNCC2)c(F)cc1F.Cl. The number of hydrogen-bond donors (Lipinski definition) is 1. The maximum atomic E-state index is 13.6. The van der Waals surface area contributed by atoms with Gasteiger partial charge in [-0.15, -0.1) is 12.4 Å². The number of nitrogens with zero attached hydrogens (tertiary/aromatic N) is 1. The van der Waals surface area contributed by atoms with E-state index in [1.165, 1.54) is 13.0 Å². The van der Waals surface area contributed by atoms with Crippen LogP contribution < -0.4 is 5.32 Å². The average molecular weight is 291 g/mol. The zero-order valence-electron chi connectivity index (χ0n) is 10.7. The van der Waals surface area contributed by atoms with Gasteiger partial charge in [0.2, 0.25) is 0 Å². The first-order chi connectivity index (χ1) is 8.59. The smallest absolute Gasteiger partial charge is 0.256 e. The number of aryl methyl sites for hydroxylation is 1. The molecule has 0 unspecified atom stereocenters. The minimum absolute atomic E-state index is 0. The molecule has 0 saturated carbocycles. The number of carbonyl (C=O) groups excluding carboxylic acids is 1. The quantitative estimate of drug-likeness (QED) is 0.859. The number of hydrogen-bond acceptors (Lipinski definition) is 2. The van der Waals surface area contributed by atoms with E-state index in [0.29, 0.717) is 19.6 Å². The molecule has 1 aromatic rings. The summed E-state index contributed by atoms with van der Waals surface area (Å²) in [6.45, 7) is 4.23. The Morgan fingerprint density at radius 2 is 1.95 bits per heavy atom. The third kappa shape index (κ3) is 3.64. The number of nitrogens with one attached hydrogen (secondary N) is 1. The van der Waals surface area contributed by atoms with Crippen molar-refractivity contribution in [1.29, 1.82) is 0 Å². The molecule has 0 aliphatic carbocycles. The molecule has 0 spiro atoms. The second kappa shape index (κ2) is 6.82. The van der Waals surface area contributed by atoms with Crippen LogP contribution in [-0.4, -0.2) is 37.0 Å². The summed E-state index contributed by atoms with van der Waals surface area (Å²) in [4.78, 5) is 13.8. The van der Waals surface area contributed by atoms with Gasteiger partial charge in [-0.3, -0.25) is 4.79 Å². The number of rotatable bonds is 1. The van der Waals surface area contributed by atoms with Crippen molar-refractivity contribution in [2.24, 2.45) is 0 Å². The normalized spacial score (nSPS) is 15.6. The standard InChI is InChI=1S/C13H16F2N2O.ClH/c1-9-7-10(12(15)8-11(9)14)13(18)17-5-2-3-16-4-6-17;/h7-8,16H,2-6H2,1H3;1H. The van der Waals surface area contributed by atoms with Crippen molar-refractivity contribution in [3.05, 3.63) is 34.9 Å². The summed E-state index contributed by atoms with van der Waals surface area (Å²) in [5, 5.41) is 3.17. The molecule has 1 fully saturated rings. The van der Waals surface area contributed by atoms with Crippen LogP contribution in [-0.2, 0) is 0 Å². The molecule has 0 radical (unpaired) electrons. The first kappa shape index (κ1) is 15.9. The lowest BCUT2D eigenvalue weighted by Crippen LogP contribution is -2.34. The average Bonchev–Trinajstić information content (AvgIpc) is 2.61. The second-order valence-corrected chi connectivity index (χ2v) is 4.48. The van der Waals surface area contributed by atoms with Crippen LogP contribution in [0.1, 0.15) is 22.3 Å². The Bertz CT molecular complexity index is 460. The van der Waals surface area contributed by atoms with E-state index in [0.717, 1.165) is 19.0 Å². The van der Waals surface area contributed by atoms with Gasteiger partial charge in [0.15, 0.2) is 0 Å². The summed E-state index contributed by atoms with van der Waals surface area (Å²) in [6.07, 6.45) is 0.841. The van der Waals surface area contributed by atoms with E-state index >= 15 is 0 Å². The van der Waals surface area contributed by atoms with Gasteiger partial charge in [-0.05, 0) is 31.5 Å². The van der Waals surface area contributed by atoms with Crippen molar-refractivity contribution in [3.63, 3.8) is 0 Å². The van der Waals surface area contributed by atoms with E-state index in [-0.39, 0.29) is 29.4 Å². The van der Waals surface area contributed by atoms with E-state index in [9.17, 15) is 13.6 Å². The Labute approximate surface area is 117 Å². The maximum Gasteiger partial charge on any atom is 0.256 e. The molecule has 2 rings (SSSR count). The summed E-state index contributed by atoms with van der Waals surface area (Å²) in [5.41, 5.74) is 0.239. The Hall–Kier alpha value is -1.20. The summed E-state index contributed by atoms with van der Waals surface area (Å²) < 4.78 is 26.8. The molecular formula is C13H17ClF2N2O. The predicted octanol–water partition coefficient (Wildman–Crippen LogP) is 2.13. The third-order valence-electron chi connectivity index (χ3n) is 3.11. The Balaban J connectivity index is 0.00000180. The second-order valence-electron chi connectivity index (χ2n) is 4.48. The molecule has 106 valence electrons. The lowest BCUT2D eigenvalue weighted by Gasteiger charge is -2.20. The van der Waals surface area contributed by atoms with Crippen LogP contribution in [0.3, 0.4) is 0 Å². The molecule has 1 N–H and O–H groups in total. The van der Waals surface area contributed by atoms with Crippen LogP contribution in [0.2, 0.25) is 0 Å². The number of benzene rings is 1. The monoisotopic (exact) mass is 290 g/mol. The van der Waals surface area contributed by atoms with E-state index in [1.54, 1.807) is 4.90 Å². The molecule has 0 atom stereocenters. The lowest BCUT2D eigenvalue weighted by atomic mass is 10.1. The van der Waals surface area contributed by atoms with Crippen molar-refractivity contribution >= 4 is 18.3 Å². The van der Waals surface area contributed by atoms with E-state index < -0.39 is 11.6 Å². The molecule has 1 aliphatic rings. The van der Waals surface area contributed by atoms with Crippen molar-refractivity contribution in [2.45, 2.75) is 13.3 Å². The van der Waals surface area contributed by atoms with Crippen LogP contribution >= 0.6 is 12.4 Å². The maximum absolute atomic E-state index is 13.6. The minimum Gasteiger partial charge on any atom is -0.337 e. The highest BCUT2D eigenvalue weighted by molar-refractivity contribution is 5.94. The molecular weight excluding hydrogens is 274 g/mol. The van der Waals surface area contributed by atoms with Gasteiger partial charge in [0, 0.05) is 25.7 Å².